The van der Waals surface area contributed by atoms with Gasteiger partial charge >= 0.3 is 0 Å². The fourth-order valence-corrected chi connectivity index (χ4v) is 3.90. The highest BCUT2D eigenvalue weighted by atomic mass is 16.2. The number of benzene rings is 1. The number of para-hydroxylation sites is 1. The minimum absolute atomic E-state index is 0.114. The van der Waals surface area contributed by atoms with Gasteiger partial charge in [-0.2, -0.15) is 5.10 Å². The summed E-state index contributed by atoms with van der Waals surface area (Å²) in [5.41, 5.74) is 3.04. The zero-order valence-corrected chi connectivity index (χ0v) is 16.8. The van der Waals surface area contributed by atoms with Crippen molar-refractivity contribution in [3.05, 3.63) is 76.4 Å². The van der Waals surface area contributed by atoms with Crippen LogP contribution in [0.1, 0.15) is 21.7 Å². The normalized spacial score (nSPS) is 13.7. The smallest absolute Gasteiger partial charge is 0.255 e. The van der Waals surface area contributed by atoms with E-state index in [2.05, 4.69) is 22.6 Å². The number of hydrogen-bond acceptors (Lipinski definition) is 4. The third-order valence-corrected chi connectivity index (χ3v) is 5.39. The van der Waals surface area contributed by atoms with Crippen molar-refractivity contribution in [1.82, 2.24) is 24.1 Å². The molecule has 0 aliphatic carbocycles. The lowest BCUT2D eigenvalue weighted by Gasteiger charge is -2.28. The molecule has 7 heteroatoms. The molecule has 0 fully saturated rings. The van der Waals surface area contributed by atoms with Gasteiger partial charge in [0.25, 0.3) is 11.5 Å². The first kappa shape index (κ1) is 19.1. The van der Waals surface area contributed by atoms with Crippen molar-refractivity contribution in [1.29, 1.82) is 0 Å². The molecule has 0 radical (unpaired) electrons. The molecule has 0 N–H and O–H groups in total. The van der Waals surface area contributed by atoms with Gasteiger partial charge in [0.1, 0.15) is 0 Å². The molecule has 1 aliphatic heterocycles. The van der Waals surface area contributed by atoms with Crippen LogP contribution >= 0.6 is 0 Å². The summed E-state index contributed by atoms with van der Waals surface area (Å²) < 4.78 is 3.55. The fraction of sp³-hybridized carbons (Fsp3) is 0.318. The number of carbonyl (C=O) groups is 1. The van der Waals surface area contributed by atoms with Crippen LogP contribution in [-0.2, 0) is 26.7 Å². The second-order valence-electron chi connectivity index (χ2n) is 7.53. The minimum atomic E-state index is -0.179. The van der Waals surface area contributed by atoms with E-state index >= 15 is 0 Å². The number of hydrogen-bond donors (Lipinski definition) is 0. The number of likely N-dealkylation sites (N-methyl/N-ethyl adjacent to an activating group) is 1. The quantitative estimate of drug-likeness (QED) is 0.624. The molecule has 0 bridgehead atoms. The first-order valence-corrected chi connectivity index (χ1v) is 9.71. The van der Waals surface area contributed by atoms with Crippen LogP contribution < -0.4 is 5.56 Å². The summed E-state index contributed by atoms with van der Waals surface area (Å²) in [6.45, 7) is 7.00. The summed E-state index contributed by atoms with van der Waals surface area (Å²) >= 11 is 0. The predicted molar refractivity (Wildman–Crippen MR) is 113 cm³/mol. The van der Waals surface area contributed by atoms with Crippen molar-refractivity contribution in [3.63, 3.8) is 0 Å². The van der Waals surface area contributed by atoms with Crippen molar-refractivity contribution in [3.8, 4) is 0 Å². The van der Waals surface area contributed by atoms with Crippen LogP contribution in [-0.4, -0.2) is 50.2 Å². The fourth-order valence-electron chi connectivity index (χ4n) is 3.90. The Kier molecular flexibility index (Phi) is 5.07. The van der Waals surface area contributed by atoms with Gasteiger partial charge in [-0.1, -0.05) is 24.3 Å². The summed E-state index contributed by atoms with van der Waals surface area (Å²) in [5, 5.41) is 5.46. The molecule has 1 aliphatic rings. The van der Waals surface area contributed by atoms with Crippen LogP contribution in [0.4, 0.5) is 0 Å². The molecule has 0 saturated heterocycles. The van der Waals surface area contributed by atoms with Gasteiger partial charge in [0.2, 0.25) is 0 Å². The maximum atomic E-state index is 13.3. The summed E-state index contributed by atoms with van der Waals surface area (Å²) in [7, 11) is 3.75. The first-order chi connectivity index (χ1) is 14.0. The molecule has 150 valence electrons. The lowest BCUT2D eigenvalue weighted by molar-refractivity contribution is 0.0708. The van der Waals surface area contributed by atoms with E-state index in [0.717, 1.165) is 35.4 Å². The zero-order valence-electron chi connectivity index (χ0n) is 16.8. The largest absolute Gasteiger partial charge is 0.331 e. The Morgan fingerprint density at radius 1 is 1.28 bits per heavy atom. The maximum Gasteiger partial charge on any atom is 0.255 e. The van der Waals surface area contributed by atoms with Crippen LogP contribution in [0.3, 0.4) is 0 Å². The Bertz CT molecular complexity index is 1140. The van der Waals surface area contributed by atoms with E-state index in [-0.39, 0.29) is 11.5 Å². The predicted octanol–water partition coefficient (Wildman–Crippen LogP) is 2.01. The van der Waals surface area contributed by atoms with Crippen LogP contribution in [0.25, 0.3) is 10.9 Å². The minimum Gasteiger partial charge on any atom is -0.331 e. The number of fused-ring (bicyclic) bond motifs is 2. The van der Waals surface area contributed by atoms with E-state index in [4.69, 9.17) is 0 Å². The van der Waals surface area contributed by atoms with Crippen LogP contribution in [0.5, 0.6) is 0 Å². The topological polar surface area (TPSA) is 63.4 Å². The van der Waals surface area contributed by atoms with E-state index in [1.54, 1.807) is 16.5 Å². The van der Waals surface area contributed by atoms with Crippen LogP contribution in [0.2, 0.25) is 0 Å². The lowest BCUT2D eigenvalue weighted by atomic mass is 10.1. The van der Waals surface area contributed by atoms with Gasteiger partial charge in [0.05, 0.1) is 35.6 Å². The summed E-state index contributed by atoms with van der Waals surface area (Å²) in [5.74, 6) is -0.114. The average molecular weight is 391 g/mol. The maximum absolute atomic E-state index is 13.3. The van der Waals surface area contributed by atoms with Gasteiger partial charge in [-0.15, -0.1) is 6.58 Å². The Morgan fingerprint density at radius 3 is 2.86 bits per heavy atom. The molecule has 1 amide bonds. The SMILES string of the molecule is C=CCN(C)Cc1cc2n(n1)CCN(C(=O)c1cc(=O)n(C)c3ccccc13)C2. The number of nitrogens with zero attached hydrogens (tertiary/aromatic N) is 5. The van der Waals surface area contributed by atoms with Gasteiger partial charge < -0.3 is 9.47 Å². The van der Waals surface area contributed by atoms with Crippen molar-refractivity contribution in [2.75, 3.05) is 20.1 Å². The molecule has 0 saturated carbocycles. The molecule has 0 atom stereocenters. The highest BCUT2D eigenvalue weighted by Gasteiger charge is 2.25. The average Bonchev–Trinajstić information content (AvgIpc) is 3.11. The first-order valence-electron chi connectivity index (χ1n) is 9.71. The number of carbonyl (C=O) groups excluding carboxylic acids is 1. The number of rotatable bonds is 5. The molecule has 0 spiro atoms. The molecular weight excluding hydrogens is 366 g/mol. The summed E-state index contributed by atoms with van der Waals surface area (Å²) in [4.78, 5) is 29.6. The Labute approximate surface area is 169 Å². The van der Waals surface area contributed by atoms with Gasteiger partial charge in [0, 0.05) is 38.1 Å². The third kappa shape index (κ3) is 3.61. The molecule has 1 aromatic carbocycles. The van der Waals surface area contributed by atoms with Crippen molar-refractivity contribution in [2.24, 2.45) is 7.05 Å². The monoisotopic (exact) mass is 391 g/mol. The van der Waals surface area contributed by atoms with Crippen molar-refractivity contribution >= 4 is 16.8 Å². The van der Waals surface area contributed by atoms with E-state index < -0.39 is 0 Å². The van der Waals surface area contributed by atoms with Gasteiger partial charge in [-0.25, -0.2) is 0 Å². The molecule has 3 heterocycles. The summed E-state index contributed by atoms with van der Waals surface area (Å²) in [6, 6.07) is 11.0. The van der Waals surface area contributed by atoms with Gasteiger partial charge in [0.15, 0.2) is 0 Å². The Hall–Kier alpha value is -3.19. The van der Waals surface area contributed by atoms with Gasteiger partial charge in [-0.3, -0.25) is 19.2 Å². The van der Waals surface area contributed by atoms with Crippen LogP contribution in [0.15, 0.2) is 53.8 Å². The molecule has 4 rings (SSSR count). The van der Waals surface area contributed by atoms with Crippen LogP contribution in [0, 0.1) is 0 Å². The van der Waals surface area contributed by atoms with Crippen molar-refractivity contribution in [2.45, 2.75) is 19.6 Å². The van der Waals surface area contributed by atoms with E-state index in [1.165, 1.54) is 6.07 Å². The van der Waals surface area contributed by atoms with E-state index in [0.29, 0.717) is 25.2 Å². The molecular formula is C22H25N5O2. The number of aromatic nitrogens is 3. The second kappa shape index (κ2) is 7.67. The van der Waals surface area contributed by atoms with E-state index in [9.17, 15) is 9.59 Å². The molecule has 3 aromatic rings. The lowest BCUT2D eigenvalue weighted by Crippen LogP contribution is -2.39. The zero-order chi connectivity index (χ0) is 20.5. The molecule has 7 nitrogen and oxygen atoms in total. The highest BCUT2D eigenvalue weighted by Crippen LogP contribution is 2.21. The number of amides is 1. The van der Waals surface area contributed by atoms with E-state index in [1.807, 2.05) is 42.1 Å². The molecule has 29 heavy (non-hydrogen) atoms. The van der Waals surface area contributed by atoms with Crippen molar-refractivity contribution < 1.29 is 4.79 Å². The standard InChI is InChI=1S/C22H25N5O2/c1-4-9-24(2)14-16-12-17-15-26(10-11-27(17)23-16)22(29)19-13-21(28)25(3)20-8-6-5-7-18(19)20/h4-8,12-13H,1,9-11,14-15H2,2-3H3. The third-order valence-electron chi connectivity index (χ3n) is 5.39. The second-order valence-corrected chi connectivity index (χ2v) is 7.53. The number of pyridine rings is 1. The van der Waals surface area contributed by atoms with Gasteiger partial charge in [-0.05, 0) is 19.2 Å². The summed E-state index contributed by atoms with van der Waals surface area (Å²) in [6.07, 6.45) is 1.87. The Balaban J connectivity index is 1.60. The highest BCUT2D eigenvalue weighted by molar-refractivity contribution is 6.06. The Morgan fingerprint density at radius 2 is 2.07 bits per heavy atom. The molecule has 0 unspecified atom stereocenters. The molecule has 2 aromatic heterocycles. The number of aryl methyl sites for hydroxylation is 1.